The molecule has 2 aromatic heterocycles. The molecule has 112 valence electrons. The second kappa shape index (κ2) is 6.03. The Hall–Kier alpha value is -1.60. The Bertz CT molecular complexity index is 652. The van der Waals surface area contributed by atoms with Crippen LogP contribution in [0.3, 0.4) is 0 Å². The van der Waals surface area contributed by atoms with Crippen LogP contribution in [0.15, 0.2) is 24.7 Å². The van der Waals surface area contributed by atoms with Gasteiger partial charge in [-0.25, -0.2) is 14.5 Å². The molecule has 0 spiro atoms. The van der Waals surface area contributed by atoms with Gasteiger partial charge < -0.3 is 0 Å². The molecule has 2 aromatic rings. The third-order valence-electron chi connectivity index (χ3n) is 4.57. The maximum absolute atomic E-state index is 4.39. The van der Waals surface area contributed by atoms with E-state index in [1.54, 1.807) is 12.5 Å². The zero-order chi connectivity index (χ0) is 15.6. The summed E-state index contributed by atoms with van der Waals surface area (Å²) in [6.45, 7) is 13.9. The van der Waals surface area contributed by atoms with Crippen molar-refractivity contribution in [3.05, 3.63) is 24.7 Å². The lowest BCUT2D eigenvalue weighted by atomic mass is 10.4. The number of imidazole rings is 1. The van der Waals surface area contributed by atoms with Crippen LogP contribution in [0.5, 0.6) is 0 Å². The van der Waals surface area contributed by atoms with E-state index in [1.807, 2.05) is 16.7 Å². The van der Waals surface area contributed by atoms with Crippen molar-refractivity contribution in [3.8, 4) is 11.6 Å². The van der Waals surface area contributed by atoms with Crippen LogP contribution >= 0.6 is 0 Å². The molecule has 0 N–H and O–H groups in total. The Balaban J connectivity index is 2.52. The zero-order valence-electron chi connectivity index (χ0n) is 13.9. The molecular weight excluding hydrogens is 274 g/mol. The SMILES string of the molecule is CC(C)[Si](C#Cn1cnc2cccnc21)(C(C)C)C(C)C. The van der Waals surface area contributed by atoms with E-state index in [1.165, 1.54) is 0 Å². The lowest BCUT2D eigenvalue weighted by molar-refractivity contribution is 0.838. The highest BCUT2D eigenvalue weighted by atomic mass is 28.3. The number of hydrogen-bond donors (Lipinski definition) is 0. The molecule has 3 nitrogen and oxygen atoms in total. The van der Waals surface area contributed by atoms with Gasteiger partial charge in [0.1, 0.15) is 19.9 Å². The quantitative estimate of drug-likeness (QED) is 0.619. The van der Waals surface area contributed by atoms with Gasteiger partial charge in [-0.15, -0.1) is 5.54 Å². The Labute approximate surface area is 128 Å². The number of rotatable bonds is 3. The van der Waals surface area contributed by atoms with Crippen molar-refractivity contribution in [1.29, 1.82) is 0 Å². The van der Waals surface area contributed by atoms with E-state index < -0.39 is 8.07 Å². The van der Waals surface area contributed by atoms with Crippen molar-refractivity contribution in [2.75, 3.05) is 0 Å². The minimum Gasteiger partial charge on any atom is -0.241 e. The van der Waals surface area contributed by atoms with E-state index in [2.05, 4.69) is 63.1 Å². The number of nitrogens with zero attached hydrogens (tertiary/aromatic N) is 3. The summed E-state index contributed by atoms with van der Waals surface area (Å²) >= 11 is 0. The van der Waals surface area contributed by atoms with Crippen LogP contribution in [0.4, 0.5) is 0 Å². The molecule has 4 heteroatoms. The monoisotopic (exact) mass is 299 g/mol. The maximum atomic E-state index is 4.39. The second-order valence-corrected chi connectivity index (χ2v) is 12.2. The highest BCUT2D eigenvalue weighted by Gasteiger charge is 2.41. The van der Waals surface area contributed by atoms with Gasteiger partial charge in [-0.3, -0.25) is 0 Å². The smallest absolute Gasteiger partial charge is 0.171 e. The molecule has 0 unspecified atom stereocenters. The molecule has 0 aromatic carbocycles. The first kappa shape index (κ1) is 15.8. The van der Waals surface area contributed by atoms with E-state index in [0.29, 0.717) is 16.6 Å². The molecule has 2 rings (SSSR count). The maximum Gasteiger partial charge on any atom is 0.171 e. The van der Waals surface area contributed by atoms with Crippen LogP contribution in [0.1, 0.15) is 41.5 Å². The Morgan fingerprint density at radius 1 is 1.00 bits per heavy atom. The second-order valence-electron chi connectivity index (χ2n) is 6.59. The van der Waals surface area contributed by atoms with E-state index in [0.717, 1.165) is 11.2 Å². The van der Waals surface area contributed by atoms with E-state index in [-0.39, 0.29) is 0 Å². The van der Waals surface area contributed by atoms with Gasteiger partial charge in [0.25, 0.3) is 0 Å². The Kier molecular flexibility index (Phi) is 4.53. The highest BCUT2D eigenvalue weighted by molar-refractivity contribution is 6.90. The first-order valence-electron chi connectivity index (χ1n) is 7.70. The Morgan fingerprint density at radius 3 is 2.19 bits per heavy atom. The van der Waals surface area contributed by atoms with Crippen LogP contribution < -0.4 is 0 Å². The van der Waals surface area contributed by atoms with Crippen LogP contribution in [-0.2, 0) is 0 Å². The minimum atomic E-state index is -1.71. The van der Waals surface area contributed by atoms with Crippen molar-refractivity contribution < 1.29 is 0 Å². The van der Waals surface area contributed by atoms with Crippen LogP contribution in [0.2, 0.25) is 16.6 Å². The molecule has 0 aliphatic heterocycles. The largest absolute Gasteiger partial charge is 0.241 e. The fourth-order valence-electron chi connectivity index (χ4n) is 3.52. The summed E-state index contributed by atoms with van der Waals surface area (Å²) in [4.78, 5) is 8.76. The van der Waals surface area contributed by atoms with Crippen molar-refractivity contribution in [3.63, 3.8) is 0 Å². The summed E-state index contributed by atoms with van der Waals surface area (Å²) in [6.07, 6.45) is 3.57. The fraction of sp³-hybridized carbons (Fsp3) is 0.529. The summed E-state index contributed by atoms with van der Waals surface area (Å²) in [7, 11) is -1.71. The van der Waals surface area contributed by atoms with E-state index in [4.69, 9.17) is 0 Å². The van der Waals surface area contributed by atoms with Gasteiger partial charge in [0.05, 0.1) is 0 Å². The summed E-state index contributed by atoms with van der Waals surface area (Å²) in [5.41, 5.74) is 7.35. The molecule has 0 fully saturated rings. The van der Waals surface area contributed by atoms with Crippen molar-refractivity contribution in [1.82, 2.24) is 14.5 Å². The van der Waals surface area contributed by atoms with Crippen LogP contribution in [-0.4, -0.2) is 22.6 Å². The van der Waals surface area contributed by atoms with Gasteiger partial charge in [0.15, 0.2) is 5.65 Å². The summed E-state index contributed by atoms with van der Waals surface area (Å²) in [5.74, 6) is 0. The summed E-state index contributed by atoms with van der Waals surface area (Å²) in [5, 5.41) is 0. The molecule has 0 aliphatic carbocycles. The van der Waals surface area contributed by atoms with Gasteiger partial charge in [0.2, 0.25) is 0 Å². The van der Waals surface area contributed by atoms with Gasteiger partial charge >= 0.3 is 0 Å². The Morgan fingerprint density at radius 2 is 1.62 bits per heavy atom. The molecule has 21 heavy (non-hydrogen) atoms. The van der Waals surface area contributed by atoms with Crippen molar-refractivity contribution in [2.45, 2.75) is 58.2 Å². The number of fused-ring (bicyclic) bond motifs is 1. The molecular formula is C17H25N3Si. The van der Waals surface area contributed by atoms with E-state index in [9.17, 15) is 0 Å². The molecule has 0 bridgehead atoms. The molecule has 0 saturated carbocycles. The van der Waals surface area contributed by atoms with Crippen molar-refractivity contribution >= 4 is 19.2 Å². The number of hydrogen-bond acceptors (Lipinski definition) is 2. The predicted octanol–water partition coefficient (Wildman–Crippen LogP) is 4.46. The topological polar surface area (TPSA) is 30.7 Å². The average Bonchev–Trinajstić information content (AvgIpc) is 2.82. The highest BCUT2D eigenvalue weighted by Crippen LogP contribution is 2.40. The summed E-state index contributed by atoms with van der Waals surface area (Å²) in [6, 6.07) is 7.23. The minimum absolute atomic E-state index is 0.632. The predicted molar refractivity (Wildman–Crippen MR) is 91.8 cm³/mol. The lowest BCUT2D eigenvalue weighted by Crippen LogP contribution is -2.43. The van der Waals surface area contributed by atoms with E-state index >= 15 is 0 Å². The van der Waals surface area contributed by atoms with Gasteiger partial charge in [-0.1, -0.05) is 41.5 Å². The molecule has 2 heterocycles. The fourth-order valence-corrected chi connectivity index (χ4v) is 8.70. The third kappa shape index (κ3) is 2.75. The zero-order valence-corrected chi connectivity index (χ0v) is 14.9. The molecule has 0 saturated heterocycles. The summed E-state index contributed by atoms with van der Waals surface area (Å²) < 4.78 is 1.88. The first-order chi connectivity index (χ1) is 9.89. The molecule has 0 atom stereocenters. The number of pyridine rings is 1. The molecule has 0 radical (unpaired) electrons. The average molecular weight is 299 g/mol. The standard InChI is InChI=1S/C17H25N3Si/c1-13(2)21(14(3)4,15(5)6)11-10-20-12-19-16-8-7-9-18-17(16)20/h7-9,12-15H,1-6H3. The normalized spacial score (nSPS) is 12.2. The molecule has 0 aliphatic rings. The first-order valence-corrected chi connectivity index (χ1v) is 9.94. The number of aromatic nitrogens is 3. The van der Waals surface area contributed by atoms with Crippen LogP contribution in [0.25, 0.3) is 11.2 Å². The lowest BCUT2D eigenvalue weighted by Gasteiger charge is -2.37. The van der Waals surface area contributed by atoms with Crippen LogP contribution in [0, 0.1) is 11.6 Å². The third-order valence-corrected chi connectivity index (χ3v) is 10.8. The van der Waals surface area contributed by atoms with Gasteiger partial charge in [-0.05, 0) is 28.8 Å². The van der Waals surface area contributed by atoms with Gasteiger partial charge in [-0.2, -0.15) is 0 Å². The van der Waals surface area contributed by atoms with Crippen molar-refractivity contribution in [2.24, 2.45) is 0 Å². The van der Waals surface area contributed by atoms with Gasteiger partial charge in [0, 0.05) is 12.2 Å². The molecule has 0 amide bonds.